The van der Waals surface area contributed by atoms with Crippen LogP contribution >= 0.6 is 0 Å². The fourth-order valence-corrected chi connectivity index (χ4v) is 1.71. The Kier molecular flexibility index (Phi) is 1.07. The number of nitrogens with one attached hydrogen (secondary N) is 1. The highest BCUT2D eigenvalue weighted by Crippen LogP contribution is 2.25. The Hall–Kier alpha value is -1.35. The highest BCUT2D eigenvalue weighted by atomic mass is 16.5. The van der Waals surface area contributed by atoms with Crippen molar-refractivity contribution in [2.45, 2.75) is 13.1 Å². The highest BCUT2D eigenvalue weighted by Gasteiger charge is 2.15. The summed E-state index contributed by atoms with van der Waals surface area (Å²) in [5.74, 6) is 0. The zero-order valence-corrected chi connectivity index (χ0v) is 6.50. The van der Waals surface area contributed by atoms with Crippen molar-refractivity contribution in [3.63, 3.8) is 0 Å². The van der Waals surface area contributed by atoms with E-state index in [0.717, 1.165) is 24.1 Å². The van der Waals surface area contributed by atoms with Gasteiger partial charge in [0.25, 0.3) is 0 Å². The van der Waals surface area contributed by atoms with Crippen LogP contribution in [0.2, 0.25) is 0 Å². The Labute approximate surface area is 69.4 Å². The molecule has 0 spiro atoms. The lowest BCUT2D eigenvalue weighted by Gasteiger charge is -1.95. The van der Waals surface area contributed by atoms with Crippen LogP contribution in [-0.2, 0) is 13.1 Å². The van der Waals surface area contributed by atoms with Gasteiger partial charge in [-0.2, -0.15) is 0 Å². The molecule has 0 saturated carbocycles. The van der Waals surface area contributed by atoms with Gasteiger partial charge in [-0.05, 0) is 11.6 Å². The molecule has 0 saturated heterocycles. The molecule has 1 aromatic heterocycles. The van der Waals surface area contributed by atoms with Crippen LogP contribution in [0.5, 0.6) is 0 Å². The summed E-state index contributed by atoms with van der Waals surface area (Å²) in [6.07, 6.45) is 1.76. The first-order chi connectivity index (χ1) is 5.95. The van der Waals surface area contributed by atoms with E-state index >= 15 is 0 Å². The summed E-state index contributed by atoms with van der Waals surface area (Å²) in [6, 6.07) is 4.19. The Bertz CT molecular complexity index is 433. The van der Waals surface area contributed by atoms with Crippen LogP contribution in [0, 0.1) is 0 Å². The summed E-state index contributed by atoms with van der Waals surface area (Å²) in [6.45, 7) is 1.86. The lowest BCUT2D eigenvalue weighted by Crippen LogP contribution is -1.99. The summed E-state index contributed by atoms with van der Waals surface area (Å²) in [5, 5.41) is 8.15. The first-order valence-electron chi connectivity index (χ1n) is 4.01. The van der Waals surface area contributed by atoms with E-state index in [-0.39, 0.29) is 0 Å². The van der Waals surface area contributed by atoms with Crippen molar-refractivity contribution in [3.05, 3.63) is 29.5 Å². The number of benzene rings is 1. The van der Waals surface area contributed by atoms with E-state index in [9.17, 15) is 0 Å². The first-order valence-corrected chi connectivity index (χ1v) is 4.01. The average Bonchev–Trinajstić information content (AvgIpc) is 2.71. The van der Waals surface area contributed by atoms with Crippen molar-refractivity contribution < 1.29 is 4.52 Å². The van der Waals surface area contributed by atoms with Crippen molar-refractivity contribution in [1.29, 1.82) is 0 Å². The SMILES string of the molecule is c1cc2cnoc2c2c1CNC2. The number of rotatable bonds is 0. The van der Waals surface area contributed by atoms with Crippen LogP contribution in [-0.4, -0.2) is 5.16 Å². The van der Waals surface area contributed by atoms with Crippen LogP contribution in [0.4, 0.5) is 0 Å². The number of nitrogens with zero attached hydrogens (tertiary/aromatic N) is 1. The Morgan fingerprint density at radius 1 is 1.33 bits per heavy atom. The van der Waals surface area contributed by atoms with E-state index in [1.165, 1.54) is 11.1 Å². The van der Waals surface area contributed by atoms with Crippen LogP contribution in [0.1, 0.15) is 11.1 Å². The van der Waals surface area contributed by atoms with Gasteiger partial charge in [-0.25, -0.2) is 0 Å². The number of aromatic nitrogens is 1. The van der Waals surface area contributed by atoms with Crippen molar-refractivity contribution >= 4 is 11.0 Å². The quantitative estimate of drug-likeness (QED) is 0.633. The molecule has 3 nitrogen and oxygen atoms in total. The first kappa shape index (κ1) is 6.20. The molecule has 3 heteroatoms. The second-order valence-corrected chi connectivity index (χ2v) is 3.05. The maximum atomic E-state index is 5.17. The lowest BCUT2D eigenvalue weighted by atomic mass is 10.1. The minimum atomic E-state index is 0.905. The van der Waals surface area contributed by atoms with Crippen LogP contribution in [0.3, 0.4) is 0 Å². The fraction of sp³-hybridized carbons (Fsp3) is 0.222. The molecule has 1 N–H and O–H groups in total. The third-order valence-electron chi connectivity index (χ3n) is 2.34. The monoisotopic (exact) mass is 160 g/mol. The van der Waals surface area contributed by atoms with Crippen molar-refractivity contribution in [2.75, 3.05) is 0 Å². The molecular formula is C9H8N2O. The second-order valence-electron chi connectivity index (χ2n) is 3.05. The van der Waals surface area contributed by atoms with Gasteiger partial charge in [0.1, 0.15) is 0 Å². The minimum absolute atomic E-state index is 0.905. The topological polar surface area (TPSA) is 38.1 Å². The Morgan fingerprint density at radius 3 is 3.33 bits per heavy atom. The molecule has 0 fully saturated rings. The van der Waals surface area contributed by atoms with Gasteiger partial charge >= 0.3 is 0 Å². The lowest BCUT2D eigenvalue weighted by molar-refractivity contribution is 0.454. The summed E-state index contributed by atoms with van der Waals surface area (Å²) < 4.78 is 5.17. The smallest absolute Gasteiger partial charge is 0.171 e. The van der Waals surface area contributed by atoms with Gasteiger partial charge in [-0.15, -0.1) is 0 Å². The summed E-state index contributed by atoms with van der Waals surface area (Å²) in [5.41, 5.74) is 3.54. The zero-order valence-electron chi connectivity index (χ0n) is 6.50. The second kappa shape index (κ2) is 2.08. The number of fused-ring (bicyclic) bond motifs is 3. The van der Waals surface area contributed by atoms with Crippen LogP contribution in [0.25, 0.3) is 11.0 Å². The van der Waals surface area contributed by atoms with Gasteiger partial charge in [0.05, 0.1) is 6.20 Å². The molecule has 0 atom stereocenters. The predicted molar refractivity (Wildman–Crippen MR) is 44.6 cm³/mol. The molecule has 0 radical (unpaired) electrons. The molecule has 0 unspecified atom stereocenters. The van der Waals surface area contributed by atoms with E-state index in [4.69, 9.17) is 4.52 Å². The molecule has 3 rings (SSSR count). The van der Waals surface area contributed by atoms with Gasteiger partial charge in [0.2, 0.25) is 0 Å². The third kappa shape index (κ3) is 0.662. The Balaban J connectivity index is 2.46. The van der Waals surface area contributed by atoms with Gasteiger partial charge in [-0.3, -0.25) is 0 Å². The van der Waals surface area contributed by atoms with E-state index in [0.29, 0.717) is 0 Å². The molecule has 2 aromatic rings. The van der Waals surface area contributed by atoms with E-state index < -0.39 is 0 Å². The van der Waals surface area contributed by atoms with Crippen molar-refractivity contribution in [1.82, 2.24) is 10.5 Å². The molecule has 2 heterocycles. The van der Waals surface area contributed by atoms with Crippen LogP contribution in [0.15, 0.2) is 22.9 Å². The molecule has 60 valence electrons. The molecular weight excluding hydrogens is 152 g/mol. The molecule has 1 aliphatic rings. The molecule has 1 aliphatic heterocycles. The molecule has 12 heavy (non-hydrogen) atoms. The highest BCUT2D eigenvalue weighted by molar-refractivity contribution is 5.80. The normalized spacial score (nSPS) is 15.3. The largest absolute Gasteiger partial charge is 0.356 e. The van der Waals surface area contributed by atoms with Gasteiger partial charge < -0.3 is 9.84 Å². The van der Waals surface area contributed by atoms with Gasteiger partial charge in [-0.1, -0.05) is 11.2 Å². The number of hydrogen-bond donors (Lipinski definition) is 1. The maximum absolute atomic E-state index is 5.17. The van der Waals surface area contributed by atoms with E-state index in [1.807, 2.05) is 0 Å². The van der Waals surface area contributed by atoms with E-state index in [2.05, 4.69) is 22.6 Å². The maximum Gasteiger partial charge on any atom is 0.171 e. The standard InChI is InChI=1S/C9H8N2O/c1-2-7-4-11-12-9(7)8-5-10-3-6(1)8/h1-2,4,10H,3,5H2. The summed E-state index contributed by atoms with van der Waals surface area (Å²) in [7, 11) is 0. The van der Waals surface area contributed by atoms with E-state index in [1.54, 1.807) is 6.20 Å². The average molecular weight is 160 g/mol. The molecule has 0 bridgehead atoms. The summed E-state index contributed by atoms with van der Waals surface area (Å²) >= 11 is 0. The van der Waals surface area contributed by atoms with Gasteiger partial charge in [0.15, 0.2) is 5.58 Å². The predicted octanol–water partition coefficient (Wildman–Crippen LogP) is 1.43. The fourth-order valence-electron chi connectivity index (χ4n) is 1.71. The third-order valence-corrected chi connectivity index (χ3v) is 2.34. The Morgan fingerprint density at radius 2 is 2.33 bits per heavy atom. The van der Waals surface area contributed by atoms with Crippen molar-refractivity contribution in [3.8, 4) is 0 Å². The van der Waals surface area contributed by atoms with Gasteiger partial charge in [0, 0.05) is 24.0 Å². The molecule has 1 aromatic carbocycles. The van der Waals surface area contributed by atoms with Crippen molar-refractivity contribution in [2.24, 2.45) is 0 Å². The summed E-state index contributed by atoms with van der Waals surface area (Å²) in [4.78, 5) is 0. The minimum Gasteiger partial charge on any atom is -0.356 e. The molecule has 0 aliphatic carbocycles. The number of hydrogen-bond acceptors (Lipinski definition) is 3. The zero-order chi connectivity index (χ0) is 7.97. The van der Waals surface area contributed by atoms with Crippen LogP contribution < -0.4 is 5.32 Å². The molecule has 0 amide bonds.